The summed E-state index contributed by atoms with van der Waals surface area (Å²) in [6.07, 6.45) is 0.299. The molecule has 0 saturated carbocycles. The Kier molecular flexibility index (Phi) is 6.46. The highest BCUT2D eigenvalue weighted by atomic mass is 16.5. The number of rotatable bonds is 8. The van der Waals surface area contributed by atoms with Gasteiger partial charge < -0.3 is 27.6 Å². The summed E-state index contributed by atoms with van der Waals surface area (Å²) in [4.78, 5) is 37.6. The quantitative estimate of drug-likeness (QED) is 0.169. The first-order chi connectivity index (χ1) is 17.9. The van der Waals surface area contributed by atoms with Gasteiger partial charge >= 0.3 is 17.2 Å². The number of ether oxygens (including phenoxy) is 3. The van der Waals surface area contributed by atoms with Crippen LogP contribution in [0.1, 0.15) is 19.1 Å². The number of carbonyl (C=O) groups excluding carboxylic acids is 1. The number of hydrogen-bond donors (Lipinski definition) is 0. The summed E-state index contributed by atoms with van der Waals surface area (Å²) in [6, 6.07) is 14.3. The molecule has 10 nitrogen and oxygen atoms in total. The highest BCUT2D eigenvalue weighted by Crippen LogP contribution is 2.32. The molecule has 10 heteroatoms. The smallest absolute Gasteiger partial charge is 0.344 e. The van der Waals surface area contributed by atoms with Crippen molar-refractivity contribution in [3.8, 4) is 28.5 Å². The second-order valence-electron chi connectivity index (χ2n) is 8.00. The Balaban J connectivity index is 1.44. The molecule has 3 aromatic heterocycles. The van der Waals surface area contributed by atoms with Gasteiger partial charge in [-0.25, -0.2) is 9.59 Å². The first-order valence-electron chi connectivity index (χ1n) is 11.4. The number of esters is 1. The lowest BCUT2D eigenvalue weighted by molar-refractivity contribution is -0.134. The molecule has 0 bridgehead atoms. The molecule has 0 fully saturated rings. The van der Waals surface area contributed by atoms with Gasteiger partial charge in [0.1, 0.15) is 17.1 Å². The molecule has 37 heavy (non-hydrogen) atoms. The van der Waals surface area contributed by atoms with E-state index in [9.17, 15) is 14.4 Å². The van der Waals surface area contributed by atoms with E-state index in [-0.39, 0.29) is 29.7 Å². The minimum absolute atomic E-state index is 0.0300. The third-order valence-corrected chi connectivity index (χ3v) is 5.58. The summed E-state index contributed by atoms with van der Waals surface area (Å²) in [5.41, 5.74) is -0.315. The standard InChI is InChI=1S/C27H21NO9/c1-3-33-21-6-4-5-15-11-20(27(31)36-26(15)21)19-14-25(30)35-22-12-16(7-9-18(19)22)34-24(29)10-8-17-13-23(32-2)28-37-17/h4-7,9,11-14H,3,8,10H2,1-2H3. The van der Waals surface area contributed by atoms with E-state index >= 15 is 0 Å². The molecule has 188 valence electrons. The largest absolute Gasteiger partial charge is 0.490 e. The van der Waals surface area contributed by atoms with E-state index in [2.05, 4.69) is 5.16 Å². The number of carbonyl (C=O) groups is 1. The second kappa shape index (κ2) is 10.0. The Morgan fingerprint density at radius 2 is 1.86 bits per heavy atom. The van der Waals surface area contributed by atoms with Gasteiger partial charge in [-0.3, -0.25) is 4.79 Å². The fraction of sp³-hybridized carbons (Fsp3) is 0.185. The van der Waals surface area contributed by atoms with Gasteiger partial charge in [0, 0.05) is 41.0 Å². The van der Waals surface area contributed by atoms with Crippen LogP contribution in [-0.4, -0.2) is 24.8 Å². The van der Waals surface area contributed by atoms with E-state index in [4.69, 9.17) is 27.6 Å². The van der Waals surface area contributed by atoms with Crippen molar-refractivity contribution in [1.29, 1.82) is 0 Å². The number of benzene rings is 2. The maximum absolute atomic E-state index is 12.9. The first kappa shape index (κ1) is 23.9. The molecule has 0 aliphatic heterocycles. The maximum atomic E-state index is 12.9. The van der Waals surface area contributed by atoms with Crippen molar-refractivity contribution in [2.45, 2.75) is 19.8 Å². The lowest BCUT2D eigenvalue weighted by Gasteiger charge is -2.09. The van der Waals surface area contributed by atoms with Gasteiger partial charge in [0.2, 0.25) is 0 Å². The number of fused-ring (bicyclic) bond motifs is 2. The minimum atomic E-state index is -0.673. The van der Waals surface area contributed by atoms with E-state index in [1.807, 2.05) is 6.92 Å². The molecule has 0 atom stereocenters. The summed E-state index contributed by atoms with van der Waals surface area (Å²) < 4.78 is 31.8. The molecule has 5 aromatic rings. The molecule has 0 aliphatic carbocycles. The Hall–Kier alpha value is -4.86. The van der Waals surface area contributed by atoms with E-state index in [1.165, 1.54) is 19.2 Å². The van der Waals surface area contributed by atoms with Crippen LogP contribution in [0.5, 0.6) is 17.4 Å². The summed E-state index contributed by atoms with van der Waals surface area (Å²) in [6.45, 7) is 2.25. The van der Waals surface area contributed by atoms with Gasteiger partial charge in [-0.05, 0) is 36.3 Å². The van der Waals surface area contributed by atoms with E-state index in [1.54, 1.807) is 42.5 Å². The van der Waals surface area contributed by atoms with Crippen molar-refractivity contribution in [2.24, 2.45) is 0 Å². The van der Waals surface area contributed by atoms with Gasteiger partial charge in [0.05, 0.1) is 25.7 Å². The molecular weight excluding hydrogens is 482 g/mol. The zero-order valence-corrected chi connectivity index (χ0v) is 19.9. The minimum Gasteiger partial charge on any atom is -0.490 e. The summed E-state index contributed by atoms with van der Waals surface area (Å²) in [5, 5.41) is 4.79. The van der Waals surface area contributed by atoms with E-state index < -0.39 is 17.2 Å². The zero-order chi connectivity index (χ0) is 25.9. The lowest BCUT2D eigenvalue weighted by Crippen LogP contribution is -2.09. The number of aryl methyl sites for hydroxylation is 1. The fourth-order valence-corrected chi connectivity index (χ4v) is 3.92. The Labute approximate surface area is 208 Å². The Morgan fingerprint density at radius 1 is 1.00 bits per heavy atom. The van der Waals surface area contributed by atoms with Crippen molar-refractivity contribution in [3.63, 3.8) is 0 Å². The number of nitrogens with zero attached hydrogens (tertiary/aromatic N) is 1. The predicted molar refractivity (Wildman–Crippen MR) is 132 cm³/mol. The van der Waals surface area contributed by atoms with Gasteiger partial charge in [-0.1, -0.05) is 12.1 Å². The van der Waals surface area contributed by atoms with E-state index in [0.717, 1.165) is 0 Å². The van der Waals surface area contributed by atoms with Crippen LogP contribution in [0.3, 0.4) is 0 Å². The maximum Gasteiger partial charge on any atom is 0.344 e. The van der Waals surface area contributed by atoms with Crippen LogP contribution >= 0.6 is 0 Å². The van der Waals surface area contributed by atoms with Crippen LogP contribution < -0.4 is 25.5 Å². The van der Waals surface area contributed by atoms with Crippen LogP contribution in [-0.2, 0) is 11.2 Å². The predicted octanol–water partition coefficient (Wildman–Crippen LogP) is 4.50. The molecule has 0 amide bonds. The molecule has 2 aromatic carbocycles. The Morgan fingerprint density at radius 3 is 2.65 bits per heavy atom. The number of methoxy groups -OCH3 is 1. The molecule has 0 unspecified atom stereocenters. The van der Waals surface area contributed by atoms with Crippen LogP contribution in [0.4, 0.5) is 0 Å². The molecule has 0 saturated heterocycles. The summed E-state index contributed by atoms with van der Waals surface area (Å²) in [7, 11) is 1.46. The van der Waals surface area contributed by atoms with Crippen molar-refractivity contribution in [2.75, 3.05) is 13.7 Å². The first-order valence-corrected chi connectivity index (χ1v) is 11.4. The summed E-state index contributed by atoms with van der Waals surface area (Å²) in [5.74, 6) is 0.910. The number of aromatic nitrogens is 1. The molecule has 5 rings (SSSR count). The molecule has 0 aliphatic rings. The van der Waals surface area contributed by atoms with Gasteiger partial charge in [0.25, 0.3) is 5.88 Å². The zero-order valence-electron chi connectivity index (χ0n) is 19.9. The van der Waals surface area contributed by atoms with Gasteiger partial charge in [-0.15, -0.1) is 0 Å². The van der Waals surface area contributed by atoms with E-state index in [0.29, 0.717) is 45.9 Å². The van der Waals surface area contributed by atoms with Gasteiger partial charge in [0.15, 0.2) is 11.3 Å². The highest BCUT2D eigenvalue weighted by molar-refractivity contribution is 5.96. The molecular formula is C27H21NO9. The molecule has 0 radical (unpaired) electrons. The topological polar surface area (TPSA) is 131 Å². The average Bonchev–Trinajstić information content (AvgIpc) is 3.35. The molecule has 0 N–H and O–H groups in total. The van der Waals surface area contributed by atoms with Gasteiger partial charge in [-0.2, -0.15) is 0 Å². The van der Waals surface area contributed by atoms with Crippen LogP contribution in [0.15, 0.2) is 77.5 Å². The third kappa shape index (κ3) is 4.94. The lowest BCUT2D eigenvalue weighted by atomic mass is 10.0. The average molecular weight is 503 g/mol. The summed E-state index contributed by atoms with van der Waals surface area (Å²) >= 11 is 0. The third-order valence-electron chi connectivity index (χ3n) is 5.58. The molecule has 3 heterocycles. The monoisotopic (exact) mass is 503 g/mol. The number of hydrogen-bond acceptors (Lipinski definition) is 10. The van der Waals surface area contributed by atoms with Crippen LogP contribution in [0.2, 0.25) is 0 Å². The highest BCUT2D eigenvalue weighted by Gasteiger charge is 2.17. The van der Waals surface area contributed by atoms with Crippen molar-refractivity contribution >= 4 is 27.9 Å². The van der Waals surface area contributed by atoms with Crippen LogP contribution in [0.25, 0.3) is 33.1 Å². The molecule has 0 spiro atoms. The van der Waals surface area contributed by atoms with Crippen molar-refractivity contribution in [3.05, 3.63) is 81.2 Å². The fourth-order valence-electron chi connectivity index (χ4n) is 3.92. The van der Waals surface area contributed by atoms with Crippen LogP contribution in [0, 0.1) is 0 Å². The normalized spacial score (nSPS) is 11.1. The van der Waals surface area contributed by atoms with Crippen molar-refractivity contribution in [1.82, 2.24) is 5.16 Å². The Bertz CT molecular complexity index is 1730. The number of para-hydroxylation sites is 1. The van der Waals surface area contributed by atoms with Crippen molar-refractivity contribution < 1.29 is 32.4 Å². The second-order valence-corrected chi connectivity index (χ2v) is 8.00. The SMILES string of the molecule is CCOc1cccc2cc(-c3cc(=O)oc4cc(OC(=O)CCc5cc(OC)no5)ccc34)c(=O)oc12.